The molecule has 0 aliphatic carbocycles. The molecule has 3 nitrogen and oxygen atoms in total. The van der Waals surface area contributed by atoms with E-state index in [1.807, 2.05) is 7.05 Å². The third-order valence-electron chi connectivity index (χ3n) is 2.32. The normalized spacial score (nSPS) is 17.7. The predicted octanol–water partition coefficient (Wildman–Crippen LogP) is 1.70. The molecule has 0 radical (unpaired) electrons. The Labute approximate surface area is 86.5 Å². The van der Waals surface area contributed by atoms with Gasteiger partial charge in [-0.25, -0.2) is 0 Å². The molecule has 0 aromatic heterocycles. The second-order valence-corrected chi connectivity index (χ2v) is 3.49. The molecule has 0 fully saturated rings. The van der Waals surface area contributed by atoms with Crippen LogP contribution < -0.4 is 5.32 Å². The van der Waals surface area contributed by atoms with E-state index in [0.29, 0.717) is 6.04 Å². The number of nitrogens with one attached hydrogen (secondary N) is 1. The van der Waals surface area contributed by atoms with Crippen LogP contribution in [0.2, 0.25) is 0 Å². The fraction of sp³-hybridized carbons (Fsp3) is 0.818. The molecule has 3 heteroatoms. The van der Waals surface area contributed by atoms with Gasteiger partial charge in [0.1, 0.15) is 5.76 Å². The van der Waals surface area contributed by atoms with Gasteiger partial charge in [-0.2, -0.15) is 0 Å². The molecular formula is C11H21NO2. The number of rotatable bonds is 7. The number of hydrogen-bond acceptors (Lipinski definition) is 3. The molecule has 1 rings (SSSR count). The highest BCUT2D eigenvalue weighted by molar-refractivity contribution is 5.06. The molecule has 1 N–H and O–H groups in total. The zero-order valence-corrected chi connectivity index (χ0v) is 9.21. The van der Waals surface area contributed by atoms with Crippen molar-refractivity contribution in [3.05, 3.63) is 11.8 Å². The van der Waals surface area contributed by atoms with E-state index in [1.54, 1.807) is 0 Å². The van der Waals surface area contributed by atoms with Gasteiger partial charge in [0.05, 0.1) is 12.6 Å². The van der Waals surface area contributed by atoms with Gasteiger partial charge in [0, 0.05) is 19.6 Å². The van der Waals surface area contributed by atoms with Crippen LogP contribution in [-0.4, -0.2) is 32.9 Å². The van der Waals surface area contributed by atoms with Crippen molar-refractivity contribution in [2.45, 2.75) is 32.2 Å². The third-order valence-corrected chi connectivity index (χ3v) is 2.32. The Morgan fingerprint density at radius 2 is 2.43 bits per heavy atom. The Hall–Kier alpha value is -0.540. The maximum Gasteiger partial charge on any atom is 0.109 e. The van der Waals surface area contributed by atoms with Crippen LogP contribution in [0.4, 0.5) is 0 Å². The lowest BCUT2D eigenvalue weighted by atomic mass is 10.1. The standard InChI is InChI=1S/C11H21NO2/c1-3-7-13-9-6-10(12-2)11-5-4-8-14-11/h5,10,12H,3-4,6-9H2,1-2H3. The fourth-order valence-corrected chi connectivity index (χ4v) is 1.56. The van der Waals surface area contributed by atoms with Crippen LogP contribution >= 0.6 is 0 Å². The molecule has 14 heavy (non-hydrogen) atoms. The lowest BCUT2D eigenvalue weighted by Gasteiger charge is -2.17. The first-order valence-electron chi connectivity index (χ1n) is 5.46. The molecule has 1 heterocycles. The van der Waals surface area contributed by atoms with Crippen molar-refractivity contribution >= 4 is 0 Å². The van der Waals surface area contributed by atoms with E-state index in [0.717, 1.165) is 44.8 Å². The zero-order valence-electron chi connectivity index (χ0n) is 9.21. The van der Waals surface area contributed by atoms with Gasteiger partial charge in [0.25, 0.3) is 0 Å². The minimum atomic E-state index is 0.328. The first kappa shape index (κ1) is 11.5. The molecule has 0 spiro atoms. The van der Waals surface area contributed by atoms with Crippen molar-refractivity contribution in [1.29, 1.82) is 0 Å². The summed E-state index contributed by atoms with van der Waals surface area (Å²) in [7, 11) is 1.97. The second kappa shape index (κ2) is 6.85. The minimum absolute atomic E-state index is 0.328. The summed E-state index contributed by atoms with van der Waals surface area (Å²) in [5.74, 6) is 1.09. The Bertz CT molecular complexity index is 180. The van der Waals surface area contributed by atoms with Crippen molar-refractivity contribution < 1.29 is 9.47 Å². The molecular weight excluding hydrogens is 178 g/mol. The topological polar surface area (TPSA) is 30.5 Å². The quantitative estimate of drug-likeness (QED) is 0.633. The lowest BCUT2D eigenvalue weighted by Crippen LogP contribution is -2.29. The average molecular weight is 199 g/mol. The van der Waals surface area contributed by atoms with Crippen LogP contribution in [0.3, 0.4) is 0 Å². The van der Waals surface area contributed by atoms with Crippen molar-refractivity contribution in [3.8, 4) is 0 Å². The molecule has 0 aromatic rings. The van der Waals surface area contributed by atoms with E-state index >= 15 is 0 Å². The Morgan fingerprint density at radius 1 is 1.57 bits per heavy atom. The highest BCUT2D eigenvalue weighted by Gasteiger charge is 2.16. The Kier molecular flexibility index (Phi) is 5.64. The maximum atomic E-state index is 5.51. The highest BCUT2D eigenvalue weighted by atomic mass is 16.5. The molecule has 82 valence electrons. The molecule has 0 amide bonds. The van der Waals surface area contributed by atoms with E-state index < -0.39 is 0 Å². The van der Waals surface area contributed by atoms with Crippen LogP contribution in [-0.2, 0) is 9.47 Å². The van der Waals surface area contributed by atoms with Crippen molar-refractivity contribution in [1.82, 2.24) is 5.32 Å². The highest BCUT2D eigenvalue weighted by Crippen LogP contribution is 2.15. The Balaban J connectivity index is 2.18. The lowest BCUT2D eigenvalue weighted by molar-refractivity contribution is 0.119. The van der Waals surface area contributed by atoms with Crippen molar-refractivity contribution in [2.24, 2.45) is 0 Å². The number of ether oxygens (including phenoxy) is 2. The van der Waals surface area contributed by atoms with Crippen LogP contribution in [0, 0.1) is 0 Å². The van der Waals surface area contributed by atoms with Gasteiger partial charge in [0.2, 0.25) is 0 Å². The van der Waals surface area contributed by atoms with Gasteiger partial charge in [-0.1, -0.05) is 6.92 Å². The summed E-state index contributed by atoms with van der Waals surface area (Å²) in [5, 5.41) is 3.25. The van der Waals surface area contributed by atoms with Crippen molar-refractivity contribution in [2.75, 3.05) is 26.9 Å². The van der Waals surface area contributed by atoms with E-state index in [2.05, 4.69) is 18.3 Å². The summed E-state index contributed by atoms with van der Waals surface area (Å²) < 4.78 is 11.0. The third kappa shape index (κ3) is 3.68. The van der Waals surface area contributed by atoms with E-state index in [9.17, 15) is 0 Å². The van der Waals surface area contributed by atoms with Gasteiger partial charge in [0.15, 0.2) is 0 Å². The smallest absolute Gasteiger partial charge is 0.109 e. The molecule has 1 unspecified atom stereocenters. The molecule has 0 aromatic carbocycles. The maximum absolute atomic E-state index is 5.51. The van der Waals surface area contributed by atoms with Crippen LogP contribution in [0.1, 0.15) is 26.2 Å². The van der Waals surface area contributed by atoms with Gasteiger partial charge in [-0.3, -0.25) is 0 Å². The average Bonchev–Trinajstić information content (AvgIpc) is 2.71. The zero-order chi connectivity index (χ0) is 10.2. The second-order valence-electron chi connectivity index (χ2n) is 3.49. The summed E-state index contributed by atoms with van der Waals surface area (Å²) in [6.07, 6.45) is 5.29. The molecule has 0 saturated carbocycles. The van der Waals surface area contributed by atoms with E-state index in [-0.39, 0.29) is 0 Å². The monoisotopic (exact) mass is 199 g/mol. The molecule has 0 bridgehead atoms. The molecule has 1 atom stereocenters. The predicted molar refractivity (Wildman–Crippen MR) is 57.2 cm³/mol. The van der Waals surface area contributed by atoms with Crippen molar-refractivity contribution in [3.63, 3.8) is 0 Å². The SMILES string of the molecule is CCCOCCC(NC)C1=CCCO1. The minimum Gasteiger partial charge on any atom is -0.496 e. The van der Waals surface area contributed by atoms with E-state index in [4.69, 9.17) is 9.47 Å². The van der Waals surface area contributed by atoms with Crippen LogP contribution in [0.5, 0.6) is 0 Å². The largest absolute Gasteiger partial charge is 0.496 e. The molecule has 1 aliphatic heterocycles. The first-order valence-corrected chi connectivity index (χ1v) is 5.46. The van der Waals surface area contributed by atoms with Gasteiger partial charge < -0.3 is 14.8 Å². The first-order chi connectivity index (χ1) is 6.88. The number of hydrogen-bond donors (Lipinski definition) is 1. The fourth-order valence-electron chi connectivity index (χ4n) is 1.56. The Morgan fingerprint density at radius 3 is 3.00 bits per heavy atom. The van der Waals surface area contributed by atoms with Crippen LogP contribution in [0.25, 0.3) is 0 Å². The van der Waals surface area contributed by atoms with Gasteiger partial charge in [-0.05, 0) is 26.0 Å². The van der Waals surface area contributed by atoms with Gasteiger partial charge in [-0.15, -0.1) is 0 Å². The number of likely N-dealkylation sites (N-methyl/N-ethyl adjacent to an activating group) is 1. The summed E-state index contributed by atoms with van der Waals surface area (Å²) >= 11 is 0. The van der Waals surface area contributed by atoms with E-state index in [1.165, 1.54) is 0 Å². The molecule has 0 saturated heterocycles. The summed E-state index contributed by atoms with van der Waals surface area (Å²) in [6, 6.07) is 0.328. The summed E-state index contributed by atoms with van der Waals surface area (Å²) in [6.45, 7) is 4.62. The van der Waals surface area contributed by atoms with Crippen LogP contribution in [0.15, 0.2) is 11.8 Å². The van der Waals surface area contributed by atoms with Gasteiger partial charge >= 0.3 is 0 Å². The summed E-state index contributed by atoms with van der Waals surface area (Å²) in [4.78, 5) is 0. The molecule has 1 aliphatic rings. The summed E-state index contributed by atoms with van der Waals surface area (Å²) in [5.41, 5.74) is 0.